The molecule has 0 radical (unpaired) electrons. The third-order valence-corrected chi connectivity index (χ3v) is 3.71. The number of pyridine rings is 1. The quantitative estimate of drug-likeness (QED) is 0.649. The SMILES string of the molecule is COCCCNC(=O)c1ccc(NCCc2ccc(OC)cc2)cn1. The summed E-state index contributed by atoms with van der Waals surface area (Å²) in [5.41, 5.74) is 2.54. The number of anilines is 1. The van der Waals surface area contributed by atoms with E-state index in [0.717, 1.165) is 30.8 Å². The van der Waals surface area contributed by atoms with Crippen molar-refractivity contribution in [3.05, 3.63) is 53.9 Å². The number of rotatable bonds is 10. The molecular weight excluding hydrogens is 318 g/mol. The summed E-state index contributed by atoms with van der Waals surface area (Å²) in [7, 11) is 3.30. The van der Waals surface area contributed by atoms with Crippen LogP contribution in [0.3, 0.4) is 0 Å². The minimum absolute atomic E-state index is 0.166. The molecule has 1 aromatic carbocycles. The second-order valence-corrected chi connectivity index (χ2v) is 5.56. The summed E-state index contributed by atoms with van der Waals surface area (Å²) in [4.78, 5) is 16.1. The molecule has 6 heteroatoms. The molecule has 0 aliphatic carbocycles. The molecule has 0 unspecified atom stereocenters. The van der Waals surface area contributed by atoms with Gasteiger partial charge in [0.05, 0.1) is 19.0 Å². The largest absolute Gasteiger partial charge is 0.497 e. The van der Waals surface area contributed by atoms with Gasteiger partial charge in [-0.05, 0) is 42.7 Å². The van der Waals surface area contributed by atoms with Gasteiger partial charge in [-0.3, -0.25) is 4.79 Å². The van der Waals surface area contributed by atoms with Crippen LogP contribution in [-0.2, 0) is 11.2 Å². The lowest BCUT2D eigenvalue weighted by atomic mass is 10.1. The second-order valence-electron chi connectivity index (χ2n) is 5.56. The van der Waals surface area contributed by atoms with Gasteiger partial charge in [0, 0.05) is 26.8 Å². The molecule has 2 aromatic rings. The summed E-state index contributed by atoms with van der Waals surface area (Å²) in [5.74, 6) is 0.692. The number of ether oxygens (including phenoxy) is 2. The van der Waals surface area contributed by atoms with E-state index in [1.165, 1.54) is 5.56 Å². The van der Waals surface area contributed by atoms with E-state index in [-0.39, 0.29) is 5.91 Å². The Balaban J connectivity index is 1.74. The van der Waals surface area contributed by atoms with Crippen molar-refractivity contribution < 1.29 is 14.3 Å². The van der Waals surface area contributed by atoms with E-state index in [9.17, 15) is 4.79 Å². The first kappa shape index (κ1) is 18.7. The maximum absolute atomic E-state index is 11.9. The molecule has 0 saturated carbocycles. The molecule has 2 N–H and O–H groups in total. The fourth-order valence-electron chi connectivity index (χ4n) is 2.29. The van der Waals surface area contributed by atoms with Gasteiger partial charge in [-0.25, -0.2) is 4.98 Å². The summed E-state index contributed by atoms with van der Waals surface area (Å²) in [6, 6.07) is 11.6. The first-order valence-electron chi connectivity index (χ1n) is 8.33. The zero-order valence-corrected chi connectivity index (χ0v) is 14.7. The van der Waals surface area contributed by atoms with Gasteiger partial charge in [0.25, 0.3) is 5.91 Å². The minimum Gasteiger partial charge on any atom is -0.497 e. The normalized spacial score (nSPS) is 10.3. The molecule has 1 amide bonds. The minimum atomic E-state index is -0.166. The molecule has 0 bridgehead atoms. The fraction of sp³-hybridized carbons (Fsp3) is 0.368. The van der Waals surface area contributed by atoms with Crippen LogP contribution in [0.4, 0.5) is 5.69 Å². The Morgan fingerprint density at radius 3 is 2.52 bits per heavy atom. The van der Waals surface area contributed by atoms with Crippen LogP contribution in [-0.4, -0.2) is 44.8 Å². The molecule has 6 nitrogen and oxygen atoms in total. The summed E-state index contributed by atoms with van der Waals surface area (Å²) >= 11 is 0. The van der Waals surface area contributed by atoms with E-state index >= 15 is 0 Å². The smallest absolute Gasteiger partial charge is 0.269 e. The van der Waals surface area contributed by atoms with E-state index in [2.05, 4.69) is 27.8 Å². The summed E-state index contributed by atoms with van der Waals surface area (Å²) in [6.45, 7) is 2.00. The molecule has 0 aliphatic rings. The van der Waals surface area contributed by atoms with Crippen molar-refractivity contribution >= 4 is 11.6 Å². The lowest BCUT2D eigenvalue weighted by Crippen LogP contribution is -2.26. The molecule has 25 heavy (non-hydrogen) atoms. The summed E-state index contributed by atoms with van der Waals surface area (Å²) in [5, 5.41) is 6.12. The van der Waals surface area contributed by atoms with E-state index in [1.807, 2.05) is 18.2 Å². The van der Waals surface area contributed by atoms with Gasteiger partial charge < -0.3 is 20.1 Å². The molecule has 0 atom stereocenters. The number of hydrogen-bond donors (Lipinski definition) is 2. The average molecular weight is 343 g/mol. The van der Waals surface area contributed by atoms with Crippen molar-refractivity contribution in [2.75, 3.05) is 39.2 Å². The molecule has 0 saturated heterocycles. The van der Waals surface area contributed by atoms with Crippen molar-refractivity contribution in [2.45, 2.75) is 12.8 Å². The van der Waals surface area contributed by atoms with Crippen molar-refractivity contribution in [1.82, 2.24) is 10.3 Å². The third kappa shape index (κ3) is 6.43. The van der Waals surface area contributed by atoms with Crippen LogP contribution in [0.15, 0.2) is 42.6 Å². The fourth-order valence-corrected chi connectivity index (χ4v) is 2.29. The molecule has 0 fully saturated rings. The highest BCUT2D eigenvalue weighted by molar-refractivity contribution is 5.92. The van der Waals surface area contributed by atoms with Gasteiger partial charge >= 0.3 is 0 Å². The van der Waals surface area contributed by atoms with E-state index < -0.39 is 0 Å². The molecule has 1 aromatic heterocycles. The van der Waals surface area contributed by atoms with Crippen molar-refractivity contribution in [3.8, 4) is 5.75 Å². The van der Waals surface area contributed by atoms with Gasteiger partial charge in [-0.15, -0.1) is 0 Å². The Morgan fingerprint density at radius 2 is 1.88 bits per heavy atom. The van der Waals surface area contributed by atoms with Gasteiger partial charge in [0.1, 0.15) is 11.4 Å². The van der Waals surface area contributed by atoms with Crippen LogP contribution in [0.2, 0.25) is 0 Å². The molecule has 1 heterocycles. The van der Waals surface area contributed by atoms with Crippen molar-refractivity contribution in [2.24, 2.45) is 0 Å². The Hall–Kier alpha value is -2.60. The Morgan fingerprint density at radius 1 is 1.08 bits per heavy atom. The van der Waals surface area contributed by atoms with Gasteiger partial charge in [-0.2, -0.15) is 0 Å². The second kappa shape index (κ2) is 10.3. The molecule has 2 rings (SSSR count). The zero-order chi connectivity index (χ0) is 17.9. The van der Waals surface area contributed by atoms with Gasteiger partial charge in [0.2, 0.25) is 0 Å². The number of amides is 1. The van der Waals surface area contributed by atoms with Crippen molar-refractivity contribution in [3.63, 3.8) is 0 Å². The van der Waals surface area contributed by atoms with Crippen LogP contribution in [0, 0.1) is 0 Å². The lowest BCUT2D eigenvalue weighted by Gasteiger charge is -2.08. The summed E-state index contributed by atoms with van der Waals surface area (Å²) < 4.78 is 10.1. The molecule has 134 valence electrons. The molecule has 0 spiro atoms. The maximum atomic E-state index is 11.9. The number of carbonyl (C=O) groups is 1. The van der Waals surface area contributed by atoms with E-state index in [4.69, 9.17) is 9.47 Å². The van der Waals surface area contributed by atoms with E-state index in [0.29, 0.717) is 18.8 Å². The number of benzene rings is 1. The van der Waals surface area contributed by atoms with Crippen LogP contribution in [0.25, 0.3) is 0 Å². The third-order valence-electron chi connectivity index (χ3n) is 3.71. The number of hydrogen-bond acceptors (Lipinski definition) is 5. The predicted octanol–water partition coefficient (Wildman–Crippen LogP) is 2.51. The van der Waals surface area contributed by atoms with Gasteiger partial charge in [0.15, 0.2) is 0 Å². The Labute approximate surface area is 148 Å². The topological polar surface area (TPSA) is 72.5 Å². The van der Waals surface area contributed by atoms with Crippen LogP contribution < -0.4 is 15.4 Å². The highest BCUT2D eigenvalue weighted by atomic mass is 16.5. The monoisotopic (exact) mass is 343 g/mol. The average Bonchev–Trinajstić information content (AvgIpc) is 2.66. The maximum Gasteiger partial charge on any atom is 0.269 e. The van der Waals surface area contributed by atoms with Crippen LogP contribution in [0.5, 0.6) is 5.75 Å². The lowest BCUT2D eigenvalue weighted by molar-refractivity contribution is 0.0943. The predicted molar refractivity (Wildman–Crippen MR) is 98.3 cm³/mol. The van der Waals surface area contributed by atoms with Gasteiger partial charge in [-0.1, -0.05) is 12.1 Å². The first-order chi connectivity index (χ1) is 12.2. The number of nitrogens with one attached hydrogen (secondary N) is 2. The van der Waals surface area contributed by atoms with Crippen LogP contribution >= 0.6 is 0 Å². The number of methoxy groups -OCH3 is 2. The first-order valence-corrected chi connectivity index (χ1v) is 8.33. The highest BCUT2D eigenvalue weighted by Crippen LogP contribution is 2.12. The number of carbonyl (C=O) groups excluding carboxylic acids is 1. The molecular formula is C19H25N3O3. The molecule has 0 aliphatic heterocycles. The highest BCUT2D eigenvalue weighted by Gasteiger charge is 2.06. The zero-order valence-electron chi connectivity index (χ0n) is 14.7. The van der Waals surface area contributed by atoms with Crippen LogP contribution in [0.1, 0.15) is 22.5 Å². The Kier molecular flexibility index (Phi) is 7.72. The standard InChI is InChI=1S/C19H25N3O3/c1-24-13-3-11-21-19(23)18-9-6-16(14-22-18)20-12-10-15-4-7-17(25-2)8-5-15/h4-9,14,20H,3,10-13H2,1-2H3,(H,21,23). The number of aromatic nitrogens is 1. The number of nitrogens with zero attached hydrogens (tertiary/aromatic N) is 1. The van der Waals surface area contributed by atoms with E-state index in [1.54, 1.807) is 26.5 Å². The summed E-state index contributed by atoms with van der Waals surface area (Å²) in [6.07, 6.45) is 3.36. The Bertz CT molecular complexity index is 642. The van der Waals surface area contributed by atoms with Crippen molar-refractivity contribution in [1.29, 1.82) is 0 Å².